The van der Waals surface area contributed by atoms with E-state index in [-0.39, 0.29) is 6.03 Å². The SMILES string of the molecule is CCN(CC)CCOc1ccccc1NC(=O)N1CCN(c2ccccc2OC)CC1. The number of piperazine rings is 1. The molecule has 0 unspecified atom stereocenters. The lowest BCUT2D eigenvalue weighted by atomic mass is 10.2. The normalized spacial score (nSPS) is 13.9. The van der Waals surface area contributed by atoms with E-state index < -0.39 is 0 Å². The topological polar surface area (TPSA) is 57.3 Å². The number of ether oxygens (including phenoxy) is 2. The molecule has 7 nitrogen and oxygen atoms in total. The van der Waals surface area contributed by atoms with Gasteiger partial charge in [0.05, 0.1) is 18.5 Å². The number of carbonyl (C=O) groups excluding carboxylic acids is 1. The summed E-state index contributed by atoms with van der Waals surface area (Å²) < 4.78 is 11.4. The number of hydrogen-bond donors (Lipinski definition) is 1. The van der Waals surface area contributed by atoms with Crippen molar-refractivity contribution in [2.75, 3.05) is 69.7 Å². The lowest BCUT2D eigenvalue weighted by molar-refractivity contribution is 0.207. The summed E-state index contributed by atoms with van der Waals surface area (Å²) in [5.74, 6) is 1.56. The first kappa shape index (κ1) is 22.7. The van der Waals surface area contributed by atoms with Gasteiger partial charge >= 0.3 is 6.03 Å². The maximum absolute atomic E-state index is 12.9. The molecule has 1 heterocycles. The van der Waals surface area contributed by atoms with E-state index in [1.54, 1.807) is 7.11 Å². The van der Waals surface area contributed by atoms with Gasteiger partial charge in [0.1, 0.15) is 18.1 Å². The van der Waals surface area contributed by atoms with Crippen molar-refractivity contribution in [2.24, 2.45) is 0 Å². The predicted octanol–water partition coefficient (Wildman–Crippen LogP) is 3.77. The van der Waals surface area contributed by atoms with E-state index in [9.17, 15) is 4.79 Å². The highest BCUT2D eigenvalue weighted by molar-refractivity contribution is 5.91. The van der Waals surface area contributed by atoms with Crippen LogP contribution in [-0.4, -0.2) is 75.4 Å². The van der Waals surface area contributed by atoms with Crippen molar-refractivity contribution in [1.82, 2.24) is 9.80 Å². The number of urea groups is 1. The molecule has 7 heteroatoms. The number of carbonyl (C=O) groups is 1. The lowest BCUT2D eigenvalue weighted by Gasteiger charge is -2.36. The molecule has 2 aromatic carbocycles. The zero-order chi connectivity index (χ0) is 22.1. The fourth-order valence-corrected chi connectivity index (χ4v) is 3.76. The molecule has 0 radical (unpaired) electrons. The minimum absolute atomic E-state index is 0.0977. The molecular formula is C24H34N4O3. The summed E-state index contributed by atoms with van der Waals surface area (Å²) in [6.07, 6.45) is 0. The Morgan fingerprint density at radius 2 is 1.61 bits per heavy atom. The standard InChI is InChI=1S/C24H34N4O3/c1-4-26(5-2)18-19-31-22-12-8-6-10-20(22)25-24(29)28-16-14-27(15-17-28)21-11-7-9-13-23(21)30-3/h6-13H,4-5,14-19H2,1-3H3,(H,25,29). The van der Waals surface area contributed by atoms with Crippen molar-refractivity contribution < 1.29 is 14.3 Å². The summed E-state index contributed by atoms with van der Waals surface area (Å²) in [6.45, 7) is 10.6. The summed E-state index contributed by atoms with van der Waals surface area (Å²) in [7, 11) is 1.68. The number of para-hydroxylation sites is 4. The van der Waals surface area contributed by atoms with E-state index in [0.29, 0.717) is 31.1 Å². The number of anilines is 2. The van der Waals surface area contributed by atoms with Crippen molar-refractivity contribution in [3.8, 4) is 11.5 Å². The highest BCUT2D eigenvalue weighted by Gasteiger charge is 2.23. The number of rotatable bonds is 9. The van der Waals surface area contributed by atoms with Gasteiger partial charge in [0.2, 0.25) is 0 Å². The second-order valence-corrected chi connectivity index (χ2v) is 7.45. The van der Waals surface area contributed by atoms with Crippen LogP contribution >= 0.6 is 0 Å². The van der Waals surface area contributed by atoms with Crippen LogP contribution in [0.1, 0.15) is 13.8 Å². The third kappa shape index (κ3) is 6.04. The van der Waals surface area contributed by atoms with Crippen LogP contribution < -0.4 is 19.7 Å². The maximum Gasteiger partial charge on any atom is 0.322 e. The third-order valence-electron chi connectivity index (χ3n) is 5.68. The van der Waals surface area contributed by atoms with Gasteiger partial charge in [-0.05, 0) is 37.4 Å². The first-order chi connectivity index (χ1) is 15.2. The highest BCUT2D eigenvalue weighted by Crippen LogP contribution is 2.29. The van der Waals surface area contributed by atoms with Gasteiger partial charge in [-0.15, -0.1) is 0 Å². The smallest absolute Gasteiger partial charge is 0.322 e. The van der Waals surface area contributed by atoms with Crippen molar-refractivity contribution in [2.45, 2.75) is 13.8 Å². The summed E-state index contributed by atoms with van der Waals surface area (Å²) in [6, 6.07) is 15.5. The van der Waals surface area contributed by atoms with Gasteiger partial charge in [-0.1, -0.05) is 38.1 Å². The molecule has 2 aromatic rings. The van der Waals surface area contributed by atoms with Crippen molar-refractivity contribution in [3.63, 3.8) is 0 Å². The van der Waals surface area contributed by atoms with Gasteiger partial charge in [-0.3, -0.25) is 0 Å². The summed E-state index contributed by atoms with van der Waals surface area (Å²) >= 11 is 0. The second kappa shape index (κ2) is 11.5. The first-order valence-electron chi connectivity index (χ1n) is 11.0. The zero-order valence-corrected chi connectivity index (χ0v) is 18.8. The first-order valence-corrected chi connectivity index (χ1v) is 11.0. The van der Waals surface area contributed by atoms with Crippen molar-refractivity contribution in [3.05, 3.63) is 48.5 Å². The number of methoxy groups -OCH3 is 1. The number of nitrogens with zero attached hydrogens (tertiary/aromatic N) is 3. The van der Waals surface area contributed by atoms with Crippen LogP contribution in [0.25, 0.3) is 0 Å². The Bertz CT molecular complexity index is 833. The molecule has 0 aliphatic carbocycles. The highest BCUT2D eigenvalue weighted by atomic mass is 16.5. The molecule has 0 bridgehead atoms. The maximum atomic E-state index is 12.9. The summed E-state index contributed by atoms with van der Waals surface area (Å²) in [4.78, 5) is 19.3. The van der Waals surface area contributed by atoms with Crippen molar-refractivity contribution in [1.29, 1.82) is 0 Å². The Morgan fingerprint density at radius 1 is 0.968 bits per heavy atom. The molecule has 2 amide bonds. The van der Waals surface area contributed by atoms with Gasteiger partial charge in [0.15, 0.2) is 0 Å². The number of amides is 2. The van der Waals surface area contributed by atoms with E-state index in [1.807, 2.05) is 47.4 Å². The molecule has 0 atom stereocenters. The minimum atomic E-state index is -0.0977. The van der Waals surface area contributed by atoms with Crippen molar-refractivity contribution >= 4 is 17.4 Å². The van der Waals surface area contributed by atoms with Gasteiger partial charge in [-0.2, -0.15) is 0 Å². The zero-order valence-electron chi connectivity index (χ0n) is 18.8. The average molecular weight is 427 g/mol. The Kier molecular flexibility index (Phi) is 8.41. The van der Waals surface area contributed by atoms with Crippen LogP contribution in [0.5, 0.6) is 11.5 Å². The van der Waals surface area contributed by atoms with E-state index in [4.69, 9.17) is 9.47 Å². The van der Waals surface area contributed by atoms with Crippen LogP contribution in [0.2, 0.25) is 0 Å². The quantitative estimate of drug-likeness (QED) is 0.662. The van der Waals surface area contributed by atoms with Gasteiger partial charge in [0.25, 0.3) is 0 Å². The Morgan fingerprint density at radius 3 is 2.29 bits per heavy atom. The largest absolute Gasteiger partial charge is 0.495 e. The molecule has 1 aliphatic rings. The molecule has 0 saturated carbocycles. The minimum Gasteiger partial charge on any atom is -0.495 e. The van der Waals surface area contributed by atoms with E-state index in [0.717, 1.165) is 44.2 Å². The second-order valence-electron chi connectivity index (χ2n) is 7.45. The Hall–Kier alpha value is -2.93. The molecule has 1 fully saturated rings. The molecule has 1 saturated heterocycles. The molecule has 3 rings (SSSR count). The monoisotopic (exact) mass is 426 g/mol. The van der Waals surface area contributed by atoms with Crippen LogP contribution in [0, 0.1) is 0 Å². The van der Waals surface area contributed by atoms with Crippen LogP contribution in [-0.2, 0) is 0 Å². The summed E-state index contributed by atoms with van der Waals surface area (Å²) in [5, 5.41) is 3.03. The van der Waals surface area contributed by atoms with Crippen LogP contribution in [0.3, 0.4) is 0 Å². The fraction of sp³-hybridized carbons (Fsp3) is 0.458. The average Bonchev–Trinajstić information content (AvgIpc) is 2.83. The molecule has 31 heavy (non-hydrogen) atoms. The van der Waals surface area contributed by atoms with E-state index >= 15 is 0 Å². The molecule has 0 spiro atoms. The Balaban J connectivity index is 1.54. The van der Waals surface area contributed by atoms with Gasteiger partial charge in [-0.25, -0.2) is 4.79 Å². The summed E-state index contributed by atoms with van der Waals surface area (Å²) in [5.41, 5.74) is 1.77. The van der Waals surface area contributed by atoms with E-state index in [2.05, 4.69) is 35.0 Å². The molecule has 0 aromatic heterocycles. The predicted molar refractivity (Wildman–Crippen MR) is 126 cm³/mol. The number of hydrogen-bond acceptors (Lipinski definition) is 5. The van der Waals surface area contributed by atoms with Gasteiger partial charge in [0, 0.05) is 32.7 Å². The van der Waals surface area contributed by atoms with Crippen LogP contribution in [0.15, 0.2) is 48.5 Å². The molecular weight excluding hydrogens is 392 g/mol. The number of benzene rings is 2. The van der Waals surface area contributed by atoms with Gasteiger partial charge < -0.3 is 29.5 Å². The molecule has 168 valence electrons. The third-order valence-corrected chi connectivity index (χ3v) is 5.68. The molecule has 1 N–H and O–H groups in total. The lowest BCUT2D eigenvalue weighted by Crippen LogP contribution is -2.50. The fourth-order valence-electron chi connectivity index (χ4n) is 3.76. The Labute approximate surface area is 185 Å². The number of nitrogens with one attached hydrogen (secondary N) is 1. The van der Waals surface area contributed by atoms with E-state index in [1.165, 1.54) is 0 Å². The van der Waals surface area contributed by atoms with Crippen LogP contribution in [0.4, 0.5) is 16.2 Å². The number of likely N-dealkylation sites (N-methyl/N-ethyl adjacent to an activating group) is 1. The molecule has 1 aliphatic heterocycles.